The number of carbonyl (C=O) groups is 1. The van der Waals surface area contributed by atoms with Crippen LogP contribution in [0.3, 0.4) is 0 Å². The first kappa shape index (κ1) is 18.2. The molecule has 4 rings (SSSR count). The topological polar surface area (TPSA) is 59.2 Å². The van der Waals surface area contributed by atoms with Gasteiger partial charge in [0.15, 0.2) is 11.5 Å². The monoisotopic (exact) mass is 391 g/mol. The molecule has 4 aromatic rings. The van der Waals surface area contributed by atoms with Crippen molar-refractivity contribution in [1.82, 2.24) is 14.9 Å². The van der Waals surface area contributed by atoms with E-state index in [1.165, 1.54) is 0 Å². The molecule has 0 aliphatic rings. The Bertz CT molecular complexity index is 1110. The Morgan fingerprint density at radius 1 is 1.11 bits per heavy atom. The summed E-state index contributed by atoms with van der Waals surface area (Å²) in [7, 11) is 1.76. The van der Waals surface area contributed by atoms with Crippen molar-refractivity contribution in [2.75, 3.05) is 7.05 Å². The van der Waals surface area contributed by atoms with Gasteiger partial charge >= 0.3 is 0 Å². The molecular weight excluding hydrogens is 374 g/mol. The highest BCUT2D eigenvalue weighted by Crippen LogP contribution is 2.21. The van der Waals surface area contributed by atoms with Crippen molar-refractivity contribution in [3.63, 3.8) is 0 Å². The van der Waals surface area contributed by atoms with Gasteiger partial charge in [-0.05, 0) is 48.0 Å². The number of halogens is 1. The third-order valence-corrected chi connectivity index (χ3v) is 4.67. The van der Waals surface area contributed by atoms with Crippen LogP contribution in [0.1, 0.15) is 27.5 Å². The quantitative estimate of drug-likeness (QED) is 0.493. The van der Waals surface area contributed by atoms with Crippen LogP contribution in [0.2, 0.25) is 5.02 Å². The maximum Gasteiger partial charge on any atom is 0.254 e. The van der Waals surface area contributed by atoms with Crippen LogP contribution in [0.5, 0.6) is 0 Å². The molecule has 0 bridgehead atoms. The molecule has 2 aromatic heterocycles. The van der Waals surface area contributed by atoms with Crippen molar-refractivity contribution in [3.05, 3.63) is 94.6 Å². The maximum atomic E-state index is 12.7. The van der Waals surface area contributed by atoms with Crippen LogP contribution in [-0.4, -0.2) is 27.8 Å². The van der Waals surface area contributed by atoms with Gasteiger partial charge in [-0.3, -0.25) is 9.78 Å². The van der Waals surface area contributed by atoms with E-state index >= 15 is 0 Å². The molecule has 2 aromatic carbocycles. The number of oxazole rings is 1. The van der Waals surface area contributed by atoms with Gasteiger partial charge in [-0.15, -0.1) is 0 Å². The molecule has 6 heteroatoms. The van der Waals surface area contributed by atoms with Gasteiger partial charge in [0.1, 0.15) is 5.52 Å². The standard InChI is InChI=1S/C22H18ClN3O2/c1-26(14-18-4-2-3-11-24-18)22(27)16-7-10-20-19(13-16)25-21(28-20)12-15-5-8-17(23)9-6-15/h2-11,13H,12,14H2,1H3. The molecular formula is C22H18ClN3O2. The molecule has 5 nitrogen and oxygen atoms in total. The lowest BCUT2D eigenvalue weighted by atomic mass is 10.1. The highest BCUT2D eigenvalue weighted by Gasteiger charge is 2.15. The number of rotatable bonds is 5. The smallest absolute Gasteiger partial charge is 0.254 e. The molecule has 0 saturated heterocycles. The van der Waals surface area contributed by atoms with Crippen molar-refractivity contribution < 1.29 is 9.21 Å². The summed E-state index contributed by atoms with van der Waals surface area (Å²) in [4.78, 5) is 23.2. The number of nitrogens with zero attached hydrogens (tertiary/aromatic N) is 3. The Morgan fingerprint density at radius 2 is 1.93 bits per heavy atom. The third-order valence-electron chi connectivity index (χ3n) is 4.42. The fourth-order valence-electron chi connectivity index (χ4n) is 2.99. The fourth-order valence-corrected chi connectivity index (χ4v) is 3.11. The van der Waals surface area contributed by atoms with Crippen molar-refractivity contribution in [1.29, 1.82) is 0 Å². The minimum absolute atomic E-state index is 0.0881. The summed E-state index contributed by atoms with van der Waals surface area (Å²) >= 11 is 5.92. The second-order valence-corrected chi connectivity index (χ2v) is 7.01. The van der Waals surface area contributed by atoms with E-state index in [1.54, 1.807) is 36.3 Å². The van der Waals surface area contributed by atoms with Crippen molar-refractivity contribution in [3.8, 4) is 0 Å². The molecule has 0 unspecified atom stereocenters. The van der Waals surface area contributed by atoms with Gasteiger partial charge in [-0.2, -0.15) is 0 Å². The molecule has 0 saturated carbocycles. The van der Waals surface area contributed by atoms with E-state index in [2.05, 4.69) is 9.97 Å². The molecule has 0 aliphatic heterocycles. The Morgan fingerprint density at radius 3 is 2.68 bits per heavy atom. The molecule has 1 amide bonds. The first-order valence-corrected chi connectivity index (χ1v) is 9.25. The van der Waals surface area contributed by atoms with E-state index < -0.39 is 0 Å². The van der Waals surface area contributed by atoms with Crippen molar-refractivity contribution in [2.45, 2.75) is 13.0 Å². The largest absolute Gasteiger partial charge is 0.440 e. The van der Waals surface area contributed by atoms with E-state index in [9.17, 15) is 4.79 Å². The fraction of sp³-hybridized carbons (Fsp3) is 0.136. The van der Waals surface area contributed by atoms with Crippen LogP contribution in [0.4, 0.5) is 0 Å². The summed E-state index contributed by atoms with van der Waals surface area (Å²) in [5.74, 6) is 0.513. The number of hydrogen-bond donors (Lipinski definition) is 0. The molecule has 28 heavy (non-hydrogen) atoms. The summed E-state index contributed by atoms with van der Waals surface area (Å²) in [6, 6.07) is 18.5. The first-order valence-electron chi connectivity index (χ1n) is 8.88. The van der Waals surface area contributed by atoms with Gasteiger partial charge in [-0.1, -0.05) is 29.8 Å². The Labute approximate surface area is 167 Å². The highest BCUT2D eigenvalue weighted by atomic mass is 35.5. The Kier molecular flexibility index (Phi) is 5.08. The number of pyridine rings is 1. The third kappa shape index (κ3) is 4.05. The summed E-state index contributed by atoms with van der Waals surface area (Å²) in [6.07, 6.45) is 2.28. The molecule has 0 fully saturated rings. The normalized spacial score (nSPS) is 10.9. The zero-order valence-electron chi connectivity index (χ0n) is 15.3. The van der Waals surface area contributed by atoms with Crippen LogP contribution < -0.4 is 0 Å². The van der Waals surface area contributed by atoms with Crippen molar-refractivity contribution in [2.24, 2.45) is 0 Å². The molecule has 2 heterocycles. The van der Waals surface area contributed by atoms with Gasteiger partial charge in [0.2, 0.25) is 0 Å². The van der Waals surface area contributed by atoms with Crippen LogP contribution in [0.15, 0.2) is 71.3 Å². The van der Waals surface area contributed by atoms with Crippen LogP contribution in [0, 0.1) is 0 Å². The maximum absolute atomic E-state index is 12.7. The summed E-state index contributed by atoms with van der Waals surface area (Å²) in [5, 5.41) is 0.694. The summed E-state index contributed by atoms with van der Waals surface area (Å²) in [6.45, 7) is 0.443. The number of benzene rings is 2. The number of fused-ring (bicyclic) bond motifs is 1. The average Bonchev–Trinajstić information content (AvgIpc) is 3.11. The molecule has 0 radical (unpaired) electrons. The van der Waals surface area contributed by atoms with Gasteiger partial charge < -0.3 is 9.32 Å². The van der Waals surface area contributed by atoms with Crippen LogP contribution >= 0.6 is 11.6 Å². The summed E-state index contributed by atoms with van der Waals surface area (Å²) in [5.41, 5.74) is 3.79. The number of carbonyl (C=O) groups excluding carboxylic acids is 1. The molecule has 0 atom stereocenters. The molecule has 140 valence electrons. The van der Waals surface area contributed by atoms with E-state index in [1.807, 2.05) is 42.5 Å². The lowest BCUT2D eigenvalue weighted by Gasteiger charge is -2.16. The van der Waals surface area contributed by atoms with Gasteiger partial charge in [0.25, 0.3) is 5.91 Å². The minimum atomic E-state index is -0.0881. The zero-order valence-corrected chi connectivity index (χ0v) is 16.1. The summed E-state index contributed by atoms with van der Waals surface area (Å²) < 4.78 is 5.81. The van der Waals surface area contributed by atoms with E-state index in [0.717, 1.165) is 11.3 Å². The lowest BCUT2D eigenvalue weighted by molar-refractivity contribution is 0.0783. The molecule has 0 N–H and O–H groups in total. The number of hydrogen-bond acceptors (Lipinski definition) is 4. The SMILES string of the molecule is CN(Cc1ccccn1)C(=O)c1ccc2oc(Cc3ccc(Cl)cc3)nc2c1. The van der Waals surface area contributed by atoms with E-state index in [-0.39, 0.29) is 5.91 Å². The molecule has 0 aliphatic carbocycles. The lowest BCUT2D eigenvalue weighted by Crippen LogP contribution is -2.26. The Hall–Kier alpha value is -3.18. The second-order valence-electron chi connectivity index (χ2n) is 6.58. The van der Waals surface area contributed by atoms with Gasteiger partial charge in [-0.25, -0.2) is 4.98 Å². The van der Waals surface area contributed by atoms with Crippen LogP contribution in [-0.2, 0) is 13.0 Å². The first-order chi connectivity index (χ1) is 13.6. The number of amides is 1. The van der Waals surface area contributed by atoms with Gasteiger partial charge in [0, 0.05) is 30.3 Å². The zero-order chi connectivity index (χ0) is 19.5. The predicted octanol–water partition coefficient (Wildman–Crippen LogP) is 4.74. The Balaban J connectivity index is 1.52. The van der Waals surface area contributed by atoms with E-state index in [4.69, 9.17) is 16.0 Å². The average molecular weight is 392 g/mol. The molecule has 0 spiro atoms. The van der Waals surface area contributed by atoms with Crippen LogP contribution in [0.25, 0.3) is 11.1 Å². The minimum Gasteiger partial charge on any atom is -0.440 e. The number of aromatic nitrogens is 2. The second kappa shape index (κ2) is 7.82. The van der Waals surface area contributed by atoms with E-state index in [0.29, 0.717) is 40.5 Å². The van der Waals surface area contributed by atoms with Crippen molar-refractivity contribution >= 4 is 28.6 Å². The van der Waals surface area contributed by atoms with Gasteiger partial charge in [0.05, 0.1) is 12.2 Å². The predicted molar refractivity (Wildman–Crippen MR) is 108 cm³/mol. The highest BCUT2D eigenvalue weighted by molar-refractivity contribution is 6.30.